The second-order valence-corrected chi connectivity index (χ2v) is 12.1. The molecule has 0 radical (unpaired) electrons. The van der Waals surface area contributed by atoms with Gasteiger partial charge in [0.1, 0.15) is 0 Å². The number of likely N-dealkylation sites (N-methyl/N-ethyl adjacent to an activating group) is 1. The highest BCUT2D eigenvalue weighted by Crippen LogP contribution is 2.40. The standard InChI is InChI=1S/C28H47N3O5/c1-18-23(32)14-24(33)26(27(18)36-17-19-8-4-5-9-19)28(35)31-15-20-10-6-11-22(21(20)16-31)29-25(34)12-7-13-30(2)3/h7,12,18-24,26-27,32-33H,4-6,8-11,13-17H2,1-3H3,(H,29,34)/b12-7+. The summed E-state index contributed by atoms with van der Waals surface area (Å²) in [5.74, 6) is 0.133. The minimum absolute atomic E-state index is 0.0528. The summed E-state index contributed by atoms with van der Waals surface area (Å²) in [7, 11) is 3.93. The van der Waals surface area contributed by atoms with E-state index >= 15 is 0 Å². The van der Waals surface area contributed by atoms with Crippen LogP contribution in [0, 0.1) is 29.6 Å². The van der Waals surface area contributed by atoms with Crippen LogP contribution in [-0.2, 0) is 14.3 Å². The van der Waals surface area contributed by atoms with Gasteiger partial charge in [0.2, 0.25) is 11.8 Å². The van der Waals surface area contributed by atoms with Gasteiger partial charge in [0.05, 0.1) is 24.2 Å². The van der Waals surface area contributed by atoms with Crippen molar-refractivity contribution in [2.45, 2.75) is 82.6 Å². The Morgan fingerprint density at radius 3 is 2.53 bits per heavy atom. The van der Waals surface area contributed by atoms with Gasteiger partial charge < -0.3 is 30.1 Å². The molecule has 8 nitrogen and oxygen atoms in total. The van der Waals surface area contributed by atoms with E-state index in [0.717, 1.165) is 32.1 Å². The molecule has 0 aromatic carbocycles. The van der Waals surface area contributed by atoms with Gasteiger partial charge in [-0.05, 0) is 51.6 Å². The summed E-state index contributed by atoms with van der Waals surface area (Å²) >= 11 is 0. The number of rotatable bonds is 8. The van der Waals surface area contributed by atoms with Crippen LogP contribution >= 0.6 is 0 Å². The Bertz CT molecular complexity index is 783. The number of nitrogens with zero attached hydrogens (tertiary/aromatic N) is 2. The molecule has 2 amide bonds. The topological polar surface area (TPSA) is 102 Å². The van der Waals surface area contributed by atoms with Crippen molar-refractivity contribution in [3.8, 4) is 0 Å². The Morgan fingerprint density at radius 1 is 1.06 bits per heavy atom. The summed E-state index contributed by atoms with van der Waals surface area (Å²) in [6, 6.07) is 0.0597. The van der Waals surface area contributed by atoms with Crippen LogP contribution < -0.4 is 5.32 Å². The molecule has 1 aliphatic heterocycles. The molecule has 36 heavy (non-hydrogen) atoms. The molecule has 0 spiro atoms. The average molecular weight is 506 g/mol. The van der Waals surface area contributed by atoms with E-state index in [1.807, 2.05) is 36.9 Å². The molecule has 8 unspecified atom stereocenters. The highest BCUT2D eigenvalue weighted by atomic mass is 16.5. The van der Waals surface area contributed by atoms with Crippen molar-refractivity contribution in [2.75, 3.05) is 40.3 Å². The molecule has 4 rings (SSSR count). The molecule has 3 saturated carbocycles. The van der Waals surface area contributed by atoms with E-state index < -0.39 is 24.2 Å². The zero-order chi connectivity index (χ0) is 25.8. The van der Waals surface area contributed by atoms with Crippen molar-refractivity contribution < 1.29 is 24.5 Å². The highest BCUT2D eigenvalue weighted by molar-refractivity contribution is 5.87. The lowest BCUT2D eigenvalue weighted by molar-refractivity contribution is -0.169. The summed E-state index contributed by atoms with van der Waals surface area (Å²) in [4.78, 5) is 30.3. The molecule has 8 atom stereocenters. The fourth-order valence-electron chi connectivity index (χ4n) is 7.00. The number of likely N-dealkylation sites (tertiary alicyclic amines) is 1. The van der Waals surface area contributed by atoms with Gasteiger partial charge in [0.25, 0.3) is 0 Å². The van der Waals surface area contributed by atoms with Crippen LogP contribution in [0.3, 0.4) is 0 Å². The van der Waals surface area contributed by atoms with Crippen molar-refractivity contribution in [1.82, 2.24) is 15.1 Å². The van der Waals surface area contributed by atoms with Crippen LogP contribution in [0.5, 0.6) is 0 Å². The molecular weight excluding hydrogens is 458 g/mol. The maximum absolute atomic E-state index is 13.8. The zero-order valence-electron chi connectivity index (χ0n) is 22.3. The van der Waals surface area contributed by atoms with Crippen molar-refractivity contribution in [3.05, 3.63) is 12.2 Å². The molecule has 4 aliphatic rings. The quantitative estimate of drug-likeness (QED) is 0.435. The Balaban J connectivity index is 1.40. The predicted octanol–water partition coefficient (Wildman–Crippen LogP) is 1.80. The summed E-state index contributed by atoms with van der Waals surface area (Å²) in [5.41, 5.74) is 0. The lowest BCUT2D eigenvalue weighted by atomic mass is 9.75. The molecule has 3 aliphatic carbocycles. The molecule has 1 saturated heterocycles. The Hall–Kier alpha value is -1.48. The van der Waals surface area contributed by atoms with Crippen molar-refractivity contribution in [1.29, 1.82) is 0 Å². The average Bonchev–Trinajstić information content (AvgIpc) is 3.50. The second kappa shape index (κ2) is 12.4. The van der Waals surface area contributed by atoms with Gasteiger partial charge in [-0.2, -0.15) is 0 Å². The first kappa shape index (κ1) is 27.6. The largest absolute Gasteiger partial charge is 0.393 e. The maximum atomic E-state index is 13.8. The number of hydrogen-bond donors (Lipinski definition) is 3. The molecule has 0 aromatic heterocycles. The molecule has 3 N–H and O–H groups in total. The minimum atomic E-state index is -0.905. The number of hydrogen-bond acceptors (Lipinski definition) is 6. The van der Waals surface area contributed by atoms with E-state index in [1.165, 1.54) is 12.8 Å². The lowest BCUT2D eigenvalue weighted by Gasteiger charge is -2.43. The van der Waals surface area contributed by atoms with E-state index in [4.69, 9.17) is 4.74 Å². The van der Waals surface area contributed by atoms with Crippen molar-refractivity contribution in [3.63, 3.8) is 0 Å². The SMILES string of the molecule is CC1C(O)CC(O)C(C(=O)N2CC3CCCC(NC(=O)/C=C/CN(C)C)C3C2)C1OCC1CCCC1. The summed E-state index contributed by atoms with van der Waals surface area (Å²) in [5, 5.41) is 24.7. The molecule has 204 valence electrons. The third-order valence-corrected chi connectivity index (χ3v) is 9.14. The van der Waals surface area contributed by atoms with E-state index in [9.17, 15) is 19.8 Å². The monoisotopic (exact) mass is 505 g/mol. The van der Waals surface area contributed by atoms with E-state index in [-0.39, 0.29) is 36.1 Å². The molecule has 0 bridgehead atoms. The normalized spacial score (nSPS) is 37.6. The van der Waals surface area contributed by atoms with Crippen LogP contribution in [-0.4, -0.2) is 96.5 Å². The molecular formula is C28H47N3O5. The number of aliphatic hydroxyl groups excluding tert-OH is 2. The first-order chi connectivity index (χ1) is 17.2. The summed E-state index contributed by atoms with van der Waals surface area (Å²) < 4.78 is 6.32. The zero-order valence-corrected chi connectivity index (χ0v) is 22.3. The third kappa shape index (κ3) is 6.50. The Labute approximate surface area is 216 Å². The smallest absolute Gasteiger partial charge is 0.243 e. The van der Waals surface area contributed by atoms with Gasteiger partial charge in [-0.3, -0.25) is 9.59 Å². The fraction of sp³-hybridized carbons (Fsp3) is 0.857. The molecule has 8 heteroatoms. The van der Waals surface area contributed by atoms with Gasteiger partial charge in [0.15, 0.2) is 0 Å². The van der Waals surface area contributed by atoms with Crippen LogP contribution in [0.15, 0.2) is 12.2 Å². The van der Waals surface area contributed by atoms with Crippen LogP contribution in [0.25, 0.3) is 0 Å². The minimum Gasteiger partial charge on any atom is -0.393 e. The number of aliphatic hydroxyl groups is 2. The fourth-order valence-corrected chi connectivity index (χ4v) is 7.00. The number of fused-ring (bicyclic) bond motifs is 1. The maximum Gasteiger partial charge on any atom is 0.243 e. The van der Waals surface area contributed by atoms with Crippen LogP contribution in [0.2, 0.25) is 0 Å². The van der Waals surface area contributed by atoms with E-state index in [0.29, 0.717) is 38.1 Å². The third-order valence-electron chi connectivity index (χ3n) is 9.14. The van der Waals surface area contributed by atoms with E-state index in [2.05, 4.69) is 5.32 Å². The van der Waals surface area contributed by atoms with Crippen molar-refractivity contribution in [2.24, 2.45) is 29.6 Å². The van der Waals surface area contributed by atoms with Gasteiger partial charge >= 0.3 is 0 Å². The Morgan fingerprint density at radius 2 is 1.81 bits per heavy atom. The first-order valence-electron chi connectivity index (χ1n) is 14.1. The van der Waals surface area contributed by atoms with Gasteiger partial charge in [-0.1, -0.05) is 32.3 Å². The highest BCUT2D eigenvalue weighted by Gasteiger charge is 2.50. The van der Waals surface area contributed by atoms with Crippen molar-refractivity contribution >= 4 is 11.8 Å². The lowest BCUT2D eigenvalue weighted by Crippen LogP contribution is -2.56. The van der Waals surface area contributed by atoms with Crippen LogP contribution in [0.4, 0.5) is 0 Å². The number of amides is 2. The predicted molar refractivity (Wildman–Crippen MR) is 138 cm³/mol. The van der Waals surface area contributed by atoms with Gasteiger partial charge in [-0.25, -0.2) is 0 Å². The Kier molecular flexibility index (Phi) is 9.47. The summed E-state index contributed by atoms with van der Waals surface area (Å²) in [6.07, 6.45) is 9.41. The molecule has 4 fully saturated rings. The van der Waals surface area contributed by atoms with Gasteiger partial charge in [0, 0.05) is 56.6 Å². The first-order valence-corrected chi connectivity index (χ1v) is 14.1. The van der Waals surface area contributed by atoms with Gasteiger partial charge in [-0.15, -0.1) is 0 Å². The number of nitrogens with one attached hydrogen (secondary N) is 1. The number of ether oxygens (including phenoxy) is 1. The number of carbonyl (C=O) groups excluding carboxylic acids is 2. The number of carbonyl (C=O) groups is 2. The molecule has 0 aromatic rings. The molecule has 1 heterocycles. The summed E-state index contributed by atoms with van der Waals surface area (Å²) in [6.45, 7) is 4.52. The second-order valence-electron chi connectivity index (χ2n) is 12.1. The van der Waals surface area contributed by atoms with Crippen LogP contribution in [0.1, 0.15) is 58.3 Å². The van der Waals surface area contributed by atoms with E-state index in [1.54, 1.807) is 6.08 Å².